The fourth-order valence-corrected chi connectivity index (χ4v) is 9.22. The average molecular weight is 330 g/mol. The van der Waals surface area contributed by atoms with Crippen molar-refractivity contribution in [1.29, 1.82) is 0 Å². The molecule has 0 saturated heterocycles. The van der Waals surface area contributed by atoms with E-state index in [0.29, 0.717) is 0 Å². The molecule has 1 aromatic rings. The zero-order valence-corrected chi connectivity index (χ0v) is 16.5. The van der Waals surface area contributed by atoms with Crippen LogP contribution >= 0.6 is 7.92 Å². The Bertz CT molecular complexity index is 560. The summed E-state index contributed by atoms with van der Waals surface area (Å²) in [4.78, 5) is 0. The number of rotatable bonds is 3. The van der Waals surface area contributed by atoms with Crippen molar-refractivity contribution in [2.24, 2.45) is 0 Å². The average Bonchev–Trinajstić information content (AvgIpc) is 2.45. The molecule has 0 heterocycles. The number of methoxy groups -OCH3 is 1. The summed E-state index contributed by atoms with van der Waals surface area (Å²) in [6, 6.07) is 10.8. The second-order valence-corrected chi connectivity index (χ2v) is 12.3. The monoisotopic (exact) mass is 330 g/mol. The van der Waals surface area contributed by atoms with Crippen molar-refractivity contribution >= 4 is 7.92 Å². The Kier molecular flexibility index (Phi) is 5.24. The molecule has 0 aromatic heterocycles. The van der Waals surface area contributed by atoms with Crippen LogP contribution in [0.1, 0.15) is 53.0 Å². The molecule has 0 radical (unpaired) electrons. The van der Waals surface area contributed by atoms with E-state index in [-0.39, 0.29) is 21.6 Å². The smallest absolute Gasteiger partial charge is 0.116 e. The van der Waals surface area contributed by atoms with Gasteiger partial charge in [0, 0.05) is 13.0 Å². The summed E-state index contributed by atoms with van der Waals surface area (Å²) in [5, 5.41) is 0.0974. The fraction of sp³-hybridized carbons (Fsp3) is 0.524. The van der Waals surface area contributed by atoms with Crippen molar-refractivity contribution in [1.82, 2.24) is 0 Å². The minimum Gasteiger partial charge on any atom is -0.369 e. The molecule has 23 heavy (non-hydrogen) atoms. The first kappa shape index (κ1) is 18.4. The number of allylic oxidation sites excluding steroid dienone is 2. The number of ether oxygens (including phenoxy) is 1. The van der Waals surface area contributed by atoms with Gasteiger partial charge in [-0.05, 0) is 22.0 Å². The highest BCUT2D eigenvalue weighted by Crippen LogP contribution is 2.72. The minimum atomic E-state index is -0.468. The SMILES string of the molecule is COC1(P(C(C)(C)C)C(C)(C)C)C=CC=CC1c1ccccc1. The number of hydrogen-bond donors (Lipinski definition) is 0. The lowest BCUT2D eigenvalue weighted by atomic mass is 9.89. The van der Waals surface area contributed by atoms with Crippen LogP contribution in [-0.4, -0.2) is 22.8 Å². The van der Waals surface area contributed by atoms with E-state index in [0.717, 1.165) is 0 Å². The molecule has 0 N–H and O–H groups in total. The maximum atomic E-state index is 6.35. The topological polar surface area (TPSA) is 9.23 Å². The van der Waals surface area contributed by atoms with Crippen LogP contribution in [0.4, 0.5) is 0 Å². The lowest BCUT2D eigenvalue weighted by Gasteiger charge is -2.55. The van der Waals surface area contributed by atoms with Crippen LogP contribution < -0.4 is 0 Å². The van der Waals surface area contributed by atoms with Gasteiger partial charge < -0.3 is 4.74 Å². The summed E-state index contributed by atoms with van der Waals surface area (Å²) in [7, 11) is 1.41. The van der Waals surface area contributed by atoms with Crippen molar-refractivity contribution in [3.63, 3.8) is 0 Å². The molecule has 1 nitrogen and oxygen atoms in total. The van der Waals surface area contributed by atoms with E-state index in [1.54, 1.807) is 0 Å². The highest BCUT2D eigenvalue weighted by atomic mass is 31.1. The van der Waals surface area contributed by atoms with Crippen LogP contribution in [0.3, 0.4) is 0 Å². The lowest BCUT2D eigenvalue weighted by molar-refractivity contribution is 0.0886. The van der Waals surface area contributed by atoms with E-state index in [2.05, 4.69) is 96.2 Å². The second-order valence-electron chi connectivity index (χ2n) is 8.27. The Morgan fingerprint density at radius 2 is 1.48 bits per heavy atom. The highest BCUT2D eigenvalue weighted by Gasteiger charge is 2.53. The molecule has 2 heteroatoms. The van der Waals surface area contributed by atoms with E-state index in [1.807, 2.05) is 7.11 Å². The third-order valence-corrected chi connectivity index (χ3v) is 8.36. The fourth-order valence-electron chi connectivity index (χ4n) is 4.18. The Morgan fingerprint density at radius 1 is 0.913 bits per heavy atom. The minimum absolute atomic E-state index is 0.187. The molecule has 0 fully saturated rings. The third kappa shape index (κ3) is 3.62. The summed E-state index contributed by atoms with van der Waals surface area (Å²) >= 11 is 0. The zero-order valence-electron chi connectivity index (χ0n) is 15.6. The van der Waals surface area contributed by atoms with Gasteiger partial charge in [-0.1, -0.05) is 98.0 Å². The summed E-state index contributed by atoms with van der Waals surface area (Å²) in [6.07, 6.45) is 8.95. The quantitative estimate of drug-likeness (QED) is 0.589. The highest BCUT2D eigenvalue weighted by molar-refractivity contribution is 7.62. The Morgan fingerprint density at radius 3 is 1.96 bits per heavy atom. The zero-order chi connectivity index (χ0) is 17.3. The first-order chi connectivity index (χ1) is 10.6. The van der Waals surface area contributed by atoms with Crippen LogP contribution in [0.2, 0.25) is 0 Å². The molecule has 0 amide bonds. The molecule has 2 unspecified atom stereocenters. The van der Waals surface area contributed by atoms with Gasteiger partial charge in [0.1, 0.15) is 5.34 Å². The predicted octanol–water partition coefficient (Wildman–Crippen LogP) is 6.32. The first-order valence-electron chi connectivity index (χ1n) is 8.39. The molecule has 1 aromatic carbocycles. The largest absolute Gasteiger partial charge is 0.369 e. The molecule has 0 spiro atoms. The normalized spacial score (nSPS) is 25.1. The van der Waals surface area contributed by atoms with Crippen LogP contribution in [0.5, 0.6) is 0 Å². The maximum Gasteiger partial charge on any atom is 0.116 e. The van der Waals surface area contributed by atoms with Crippen LogP contribution in [0.15, 0.2) is 54.6 Å². The van der Waals surface area contributed by atoms with E-state index in [4.69, 9.17) is 4.74 Å². The molecule has 1 aliphatic carbocycles. The Labute approximate surface area is 143 Å². The van der Waals surface area contributed by atoms with Gasteiger partial charge in [0.25, 0.3) is 0 Å². The third-order valence-electron chi connectivity index (χ3n) is 4.37. The van der Waals surface area contributed by atoms with E-state index < -0.39 is 7.92 Å². The first-order valence-corrected chi connectivity index (χ1v) is 9.73. The van der Waals surface area contributed by atoms with Crippen molar-refractivity contribution in [2.75, 3.05) is 7.11 Å². The standard InChI is InChI=1S/C21H31OP/c1-19(2,3)23(20(4,5)6)21(22-7)16-12-11-15-18(21)17-13-9-8-10-14-17/h8-16,18H,1-7H3. The van der Waals surface area contributed by atoms with Gasteiger partial charge in [0.2, 0.25) is 0 Å². The Hall–Kier alpha value is -0.910. The molecule has 2 rings (SSSR count). The molecule has 126 valence electrons. The summed E-state index contributed by atoms with van der Waals surface area (Å²) in [5.74, 6) is 0.253. The Balaban J connectivity index is 2.64. The summed E-state index contributed by atoms with van der Waals surface area (Å²) in [6.45, 7) is 14.2. The van der Waals surface area contributed by atoms with E-state index in [1.165, 1.54) is 5.56 Å². The van der Waals surface area contributed by atoms with Gasteiger partial charge in [0.15, 0.2) is 0 Å². The molecule has 0 aliphatic heterocycles. The molecule has 0 saturated carbocycles. The van der Waals surface area contributed by atoms with Gasteiger partial charge in [-0.2, -0.15) is 0 Å². The number of benzene rings is 1. The van der Waals surface area contributed by atoms with Gasteiger partial charge >= 0.3 is 0 Å². The van der Waals surface area contributed by atoms with Crippen molar-refractivity contribution in [3.8, 4) is 0 Å². The number of hydrogen-bond acceptors (Lipinski definition) is 1. The van der Waals surface area contributed by atoms with E-state index in [9.17, 15) is 0 Å². The van der Waals surface area contributed by atoms with Crippen LogP contribution in [0, 0.1) is 0 Å². The van der Waals surface area contributed by atoms with Crippen LogP contribution in [-0.2, 0) is 4.74 Å². The predicted molar refractivity (Wildman–Crippen MR) is 104 cm³/mol. The maximum absolute atomic E-state index is 6.35. The van der Waals surface area contributed by atoms with E-state index >= 15 is 0 Å². The molecule has 0 bridgehead atoms. The second kappa shape index (κ2) is 6.54. The van der Waals surface area contributed by atoms with Gasteiger partial charge in [0.05, 0.1) is 0 Å². The summed E-state index contributed by atoms with van der Waals surface area (Å²) in [5.41, 5.74) is 1.33. The van der Waals surface area contributed by atoms with Gasteiger partial charge in [-0.3, -0.25) is 0 Å². The van der Waals surface area contributed by atoms with Gasteiger partial charge in [-0.15, -0.1) is 0 Å². The molecular formula is C21H31OP. The van der Waals surface area contributed by atoms with Gasteiger partial charge in [-0.25, -0.2) is 0 Å². The van der Waals surface area contributed by atoms with Crippen molar-refractivity contribution < 1.29 is 4.74 Å². The molecule has 1 aliphatic rings. The van der Waals surface area contributed by atoms with Crippen molar-refractivity contribution in [3.05, 3.63) is 60.2 Å². The molecule has 2 atom stereocenters. The van der Waals surface area contributed by atoms with Crippen LogP contribution in [0.25, 0.3) is 0 Å². The lowest BCUT2D eigenvalue weighted by Crippen LogP contribution is -2.45. The summed E-state index contributed by atoms with van der Waals surface area (Å²) < 4.78 is 6.35. The molecular weight excluding hydrogens is 299 g/mol. The van der Waals surface area contributed by atoms with Crippen molar-refractivity contribution in [2.45, 2.75) is 63.1 Å².